The van der Waals surface area contributed by atoms with Gasteiger partial charge in [-0.3, -0.25) is 4.79 Å². The zero-order chi connectivity index (χ0) is 13.7. The average Bonchev–Trinajstić information content (AvgIpc) is 2.31. The van der Waals surface area contributed by atoms with Crippen molar-refractivity contribution in [2.45, 2.75) is 6.10 Å². The minimum Gasteiger partial charge on any atom is -0.389 e. The molecule has 0 aliphatic heterocycles. The maximum absolute atomic E-state index is 12.0. The number of nitrogen functional groups attached to an aromatic ring is 1. The van der Waals surface area contributed by atoms with Gasteiger partial charge in [0, 0.05) is 20.7 Å². The summed E-state index contributed by atoms with van der Waals surface area (Å²) in [5, 5.41) is 9.77. The van der Waals surface area contributed by atoms with Gasteiger partial charge in [-0.25, -0.2) is 4.98 Å². The average molecular weight is 274 g/mol. The number of likely N-dealkylation sites (N-methyl/N-ethyl adjacent to an activating group) is 1. The van der Waals surface area contributed by atoms with Crippen molar-refractivity contribution in [1.29, 1.82) is 0 Å². The second-order valence-corrected chi connectivity index (χ2v) is 4.27. The van der Waals surface area contributed by atoms with E-state index < -0.39 is 12.0 Å². The third kappa shape index (κ3) is 3.83. The second-order valence-electron chi connectivity index (χ2n) is 3.86. The summed E-state index contributed by atoms with van der Waals surface area (Å²) in [5.74, 6) is -0.184. The van der Waals surface area contributed by atoms with E-state index in [-0.39, 0.29) is 29.7 Å². The Bertz CT molecular complexity index is 428. The van der Waals surface area contributed by atoms with Gasteiger partial charge in [0.2, 0.25) is 0 Å². The Hall–Kier alpha value is -1.37. The third-order valence-electron chi connectivity index (χ3n) is 2.26. The third-order valence-corrected chi connectivity index (χ3v) is 2.57. The number of halogens is 1. The molecule has 1 amide bonds. The number of nitrogens with two attached hydrogens (primary N) is 1. The van der Waals surface area contributed by atoms with Crippen LogP contribution in [0.1, 0.15) is 10.5 Å². The molecule has 0 aliphatic rings. The number of pyridine rings is 1. The van der Waals surface area contributed by atoms with Gasteiger partial charge in [-0.1, -0.05) is 11.6 Å². The lowest BCUT2D eigenvalue weighted by molar-refractivity contribution is 0.0378. The van der Waals surface area contributed by atoms with E-state index in [1.54, 1.807) is 7.05 Å². The van der Waals surface area contributed by atoms with Crippen molar-refractivity contribution >= 4 is 23.3 Å². The summed E-state index contributed by atoms with van der Waals surface area (Å²) in [6.45, 7) is 0.273. The van der Waals surface area contributed by atoms with Crippen molar-refractivity contribution in [3.63, 3.8) is 0 Å². The lowest BCUT2D eigenvalue weighted by atomic mass is 10.3. The van der Waals surface area contributed by atoms with E-state index >= 15 is 0 Å². The first kappa shape index (κ1) is 14.7. The van der Waals surface area contributed by atoms with Gasteiger partial charge >= 0.3 is 0 Å². The Labute approximate surface area is 110 Å². The standard InChI is InChI=1S/C11H16ClN3O3/c1-15(5-7(16)6-18-2)11(17)10-8(12)3-4-9(13)14-10/h3-4,7,16H,5-6H2,1-2H3,(H2,13,14). The SMILES string of the molecule is COCC(O)CN(C)C(=O)c1nc(N)ccc1Cl. The molecule has 7 heteroatoms. The van der Waals surface area contributed by atoms with Crippen LogP contribution in [0.3, 0.4) is 0 Å². The summed E-state index contributed by atoms with van der Waals surface area (Å²) in [6, 6.07) is 3.02. The van der Waals surface area contributed by atoms with E-state index in [0.717, 1.165) is 0 Å². The number of aromatic nitrogens is 1. The van der Waals surface area contributed by atoms with Gasteiger partial charge in [0.25, 0.3) is 5.91 Å². The van der Waals surface area contributed by atoms with Crippen LogP contribution in [0.25, 0.3) is 0 Å². The quantitative estimate of drug-likeness (QED) is 0.810. The van der Waals surface area contributed by atoms with Crippen LogP contribution in [0, 0.1) is 0 Å². The van der Waals surface area contributed by atoms with Crippen LogP contribution in [0.5, 0.6) is 0 Å². The molecule has 1 aromatic rings. The molecule has 3 N–H and O–H groups in total. The fourth-order valence-electron chi connectivity index (χ4n) is 1.43. The van der Waals surface area contributed by atoms with Gasteiger partial charge in [-0.15, -0.1) is 0 Å². The normalized spacial score (nSPS) is 12.2. The fourth-order valence-corrected chi connectivity index (χ4v) is 1.62. The predicted molar refractivity (Wildman–Crippen MR) is 68.5 cm³/mol. The second kappa shape index (κ2) is 6.53. The van der Waals surface area contributed by atoms with E-state index in [2.05, 4.69) is 4.98 Å². The number of carbonyl (C=O) groups is 1. The molecule has 0 aliphatic carbocycles. The minimum absolute atomic E-state index is 0.0729. The first-order valence-electron chi connectivity index (χ1n) is 5.30. The number of aliphatic hydroxyl groups is 1. The molecule has 0 saturated carbocycles. The van der Waals surface area contributed by atoms with Crippen LogP contribution in [-0.2, 0) is 4.74 Å². The zero-order valence-electron chi connectivity index (χ0n) is 10.3. The van der Waals surface area contributed by atoms with Crippen molar-refractivity contribution in [1.82, 2.24) is 9.88 Å². The van der Waals surface area contributed by atoms with E-state index in [4.69, 9.17) is 22.1 Å². The predicted octanol–water partition coefficient (Wildman–Crippen LogP) is 0.397. The molecule has 6 nitrogen and oxygen atoms in total. The number of amides is 1. The maximum Gasteiger partial charge on any atom is 0.273 e. The molecule has 100 valence electrons. The van der Waals surface area contributed by atoms with Crippen LogP contribution in [0.2, 0.25) is 5.02 Å². The first-order valence-corrected chi connectivity index (χ1v) is 5.68. The Balaban J connectivity index is 2.77. The monoisotopic (exact) mass is 273 g/mol. The fraction of sp³-hybridized carbons (Fsp3) is 0.455. The molecule has 1 heterocycles. The molecule has 1 rings (SSSR count). The van der Waals surface area contributed by atoms with E-state index in [1.165, 1.54) is 24.1 Å². The molecule has 18 heavy (non-hydrogen) atoms. The topological polar surface area (TPSA) is 88.7 Å². The van der Waals surface area contributed by atoms with Crippen molar-refractivity contribution in [2.24, 2.45) is 0 Å². The van der Waals surface area contributed by atoms with Crippen molar-refractivity contribution < 1.29 is 14.6 Å². The molecular weight excluding hydrogens is 258 g/mol. The smallest absolute Gasteiger partial charge is 0.273 e. The van der Waals surface area contributed by atoms with Gasteiger partial charge in [-0.05, 0) is 12.1 Å². The van der Waals surface area contributed by atoms with Crippen LogP contribution in [-0.4, -0.2) is 54.3 Å². The molecule has 0 aromatic carbocycles. The molecule has 1 atom stereocenters. The Morgan fingerprint density at radius 1 is 1.67 bits per heavy atom. The van der Waals surface area contributed by atoms with E-state index in [1.807, 2.05) is 0 Å². The molecule has 0 fully saturated rings. The molecular formula is C11H16ClN3O3. The first-order chi connectivity index (χ1) is 8.45. The molecule has 1 aromatic heterocycles. The number of rotatable bonds is 5. The Kier molecular flexibility index (Phi) is 5.33. The van der Waals surface area contributed by atoms with Crippen LogP contribution < -0.4 is 5.73 Å². The number of carbonyl (C=O) groups excluding carboxylic acids is 1. The summed E-state index contributed by atoms with van der Waals surface area (Å²) in [5.41, 5.74) is 5.58. The molecule has 0 spiro atoms. The van der Waals surface area contributed by atoms with Crippen LogP contribution >= 0.6 is 11.6 Å². The van der Waals surface area contributed by atoms with Crippen molar-refractivity contribution in [3.05, 3.63) is 22.8 Å². The van der Waals surface area contributed by atoms with Gasteiger partial charge in [0.05, 0.1) is 17.7 Å². The number of nitrogens with zero attached hydrogens (tertiary/aromatic N) is 2. The zero-order valence-corrected chi connectivity index (χ0v) is 11.0. The summed E-state index contributed by atoms with van der Waals surface area (Å²) in [7, 11) is 3.02. The maximum atomic E-state index is 12.0. The molecule has 0 saturated heterocycles. The largest absolute Gasteiger partial charge is 0.389 e. The highest BCUT2D eigenvalue weighted by molar-refractivity contribution is 6.33. The lowest BCUT2D eigenvalue weighted by Gasteiger charge is -2.20. The van der Waals surface area contributed by atoms with Crippen molar-refractivity contribution in [3.8, 4) is 0 Å². The number of aliphatic hydroxyl groups excluding tert-OH is 1. The summed E-state index contributed by atoms with van der Waals surface area (Å²) < 4.78 is 4.78. The molecule has 0 bridgehead atoms. The molecule has 0 radical (unpaired) electrons. The lowest BCUT2D eigenvalue weighted by Crippen LogP contribution is -2.36. The highest BCUT2D eigenvalue weighted by atomic mass is 35.5. The van der Waals surface area contributed by atoms with Crippen molar-refractivity contribution in [2.75, 3.05) is 33.0 Å². The Morgan fingerprint density at radius 2 is 2.33 bits per heavy atom. The van der Waals surface area contributed by atoms with Crippen LogP contribution in [0.15, 0.2) is 12.1 Å². The van der Waals surface area contributed by atoms with Crippen LogP contribution in [0.4, 0.5) is 5.82 Å². The number of hydrogen-bond acceptors (Lipinski definition) is 5. The summed E-state index contributed by atoms with van der Waals surface area (Å²) in [4.78, 5) is 17.2. The summed E-state index contributed by atoms with van der Waals surface area (Å²) >= 11 is 5.88. The number of anilines is 1. The highest BCUT2D eigenvalue weighted by Crippen LogP contribution is 2.16. The molecule has 1 unspecified atom stereocenters. The number of hydrogen-bond donors (Lipinski definition) is 2. The van der Waals surface area contributed by atoms with Gasteiger partial charge in [-0.2, -0.15) is 0 Å². The number of methoxy groups -OCH3 is 1. The Morgan fingerprint density at radius 3 is 2.94 bits per heavy atom. The van der Waals surface area contributed by atoms with E-state index in [0.29, 0.717) is 0 Å². The summed E-state index contributed by atoms with van der Waals surface area (Å²) in [6.07, 6.45) is -0.760. The van der Waals surface area contributed by atoms with Gasteiger partial charge in [0.1, 0.15) is 11.5 Å². The number of ether oxygens (including phenoxy) is 1. The van der Waals surface area contributed by atoms with Gasteiger partial charge < -0.3 is 20.5 Å². The minimum atomic E-state index is -0.760. The highest BCUT2D eigenvalue weighted by Gasteiger charge is 2.19. The van der Waals surface area contributed by atoms with E-state index in [9.17, 15) is 9.90 Å². The van der Waals surface area contributed by atoms with Gasteiger partial charge in [0.15, 0.2) is 0 Å².